The van der Waals surface area contributed by atoms with Gasteiger partial charge in [-0.3, -0.25) is 9.59 Å². The number of nitrogens with one attached hydrogen (secondary N) is 2. The number of benzene rings is 2. The minimum absolute atomic E-state index is 0.160. The molecular formula is C26H24F6N8O4S2. The molecule has 0 fully saturated rings. The molecule has 12 nitrogen and oxygen atoms in total. The number of alkyl halides is 6. The van der Waals surface area contributed by atoms with Gasteiger partial charge >= 0.3 is 23.7 Å². The number of rotatable bonds is 15. The molecule has 0 saturated heterocycles. The highest BCUT2D eigenvalue weighted by Crippen LogP contribution is 2.53. The molecule has 4 rings (SSSR count). The lowest BCUT2D eigenvalue weighted by Gasteiger charge is -2.15. The minimum Gasteiger partial charge on any atom is -0.410 e. The summed E-state index contributed by atoms with van der Waals surface area (Å²) in [7, 11) is 2.69. The first-order valence-electron chi connectivity index (χ1n) is 13.2. The molecule has 4 N–H and O–H groups in total. The fourth-order valence-electron chi connectivity index (χ4n) is 4.12. The molecule has 2 heterocycles. The van der Waals surface area contributed by atoms with Crippen molar-refractivity contribution in [3.05, 3.63) is 70.8 Å². The summed E-state index contributed by atoms with van der Waals surface area (Å²) in [6.45, 7) is 0.320. The normalized spacial score (nSPS) is 16.7. The van der Waals surface area contributed by atoms with Crippen molar-refractivity contribution in [2.24, 2.45) is 30.8 Å². The summed E-state index contributed by atoms with van der Waals surface area (Å²) in [5.74, 6) is -0.610. The van der Waals surface area contributed by atoms with Crippen molar-refractivity contribution >= 4 is 44.8 Å². The summed E-state index contributed by atoms with van der Waals surface area (Å²) in [5, 5.41) is 42.2. The molecule has 0 atom stereocenters. The number of hydrogen-bond donors (Lipinski definition) is 4. The van der Waals surface area contributed by atoms with Gasteiger partial charge in [-0.1, -0.05) is 80.4 Å². The van der Waals surface area contributed by atoms with Crippen LogP contribution in [0, 0.1) is 0 Å². The SMILES string of the molecule is O=C(NCCSSCCNC(=O)/C(Cc1cccc(C2(C(F)(F)F)N=N2)c1)=N\O)/C(Cc1cccc(C2(C(F)(F)F)N=N2)c1)=N\O. The Bertz CT molecular complexity index is 1450. The molecule has 0 unspecified atom stereocenters. The standard InChI is InChI=1S/C26H24F6N8O4S2/c27-25(28,29)23(37-38-23)17-5-1-3-15(11-17)13-19(35-43)21(41)33-7-9-45-46-10-8-34-22(42)20(36-44)14-16-4-2-6-18(12-16)24(39-40-24)26(30,31)32/h1-6,11-12,43-44H,7-10,13-14H2,(H,33,41)(H,34,42)/b35-19-,36-20-. The molecule has 246 valence electrons. The van der Waals surface area contributed by atoms with E-state index in [-0.39, 0.29) is 59.6 Å². The summed E-state index contributed by atoms with van der Waals surface area (Å²) in [4.78, 5) is 24.8. The molecule has 0 bridgehead atoms. The summed E-state index contributed by atoms with van der Waals surface area (Å²) < 4.78 is 79.7. The van der Waals surface area contributed by atoms with Crippen molar-refractivity contribution in [2.75, 3.05) is 24.6 Å². The third-order valence-corrected chi connectivity index (χ3v) is 8.99. The van der Waals surface area contributed by atoms with Crippen molar-refractivity contribution < 1.29 is 46.3 Å². The molecule has 46 heavy (non-hydrogen) atoms. The first-order valence-corrected chi connectivity index (χ1v) is 15.7. The van der Waals surface area contributed by atoms with E-state index in [2.05, 4.69) is 41.4 Å². The number of carbonyl (C=O) groups excluding carboxylic acids is 2. The average Bonchev–Trinajstić information content (AvgIpc) is 3.93. The zero-order valence-corrected chi connectivity index (χ0v) is 25.0. The average molecular weight is 691 g/mol. The zero-order chi connectivity index (χ0) is 33.6. The molecule has 0 aliphatic carbocycles. The van der Waals surface area contributed by atoms with Crippen molar-refractivity contribution in [3.63, 3.8) is 0 Å². The van der Waals surface area contributed by atoms with Crippen molar-refractivity contribution in [1.82, 2.24) is 10.6 Å². The molecule has 2 aliphatic heterocycles. The fourth-order valence-corrected chi connectivity index (χ4v) is 5.94. The highest BCUT2D eigenvalue weighted by Gasteiger charge is 2.66. The van der Waals surface area contributed by atoms with E-state index < -0.39 is 35.5 Å². The number of oxime groups is 2. The van der Waals surface area contributed by atoms with Crippen LogP contribution in [-0.4, -0.2) is 70.6 Å². The van der Waals surface area contributed by atoms with Crippen LogP contribution in [0.5, 0.6) is 0 Å². The van der Waals surface area contributed by atoms with Crippen molar-refractivity contribution in [1.29, 1.82) is 0 Å². The highest BCUT2D eigenvalue weighted by atomic mass is 33.1. The van der Waals surface area contributed by atoms with E-state index in [4.69, 9.17) is 0 Å². The van der Waals surface area contributed by atoms with Gasteiger partial charge in [0.05, 0.1) is 0 Å². The Balaban J connectivity index is 1.13. The molecular weight excluding hydrogens is 666 g/mol. The fraction of sp³-hybridized carbons (Fsp3) is 0.385. The van der Waals surface area contributed by atoms with Crippen LogP contribution in [0.25, 0.3) is 0 Å². The van der Waals surface area contributed by atoms with E-state index >= 15 is 0 Å². The maximum atomic E-state index is 13.3. The van der Waals surface area contributed by atoms with E-state index in [1.54, 1.807) is 0 Å². The van der Waals surface area contributed by atoms with Crippen LogP contribution in [0.1, 0.15) is 22.3 Å². The number of halogens is 6. The Morgan fingerprint density at radius 3 is 1.37 bits per heavy atom. The van der Waals surface area contributed by atoms with E-state index in [0.717, 1.165) is 0 Å². The monoisotopic (exact) mass is 690 g/mol. The van der Waals surface area contributed by atoms with Gasteiger partial charge in [-0.05, 0) is 11.1 Å². The largest absolute Gasteiger partial charge is 0.442 e. The lowest BCUT2D eigenvalue weighted by molar-refractivity contribution is -0.166. The third-order valence-electron chi connectivity index (χ3n) is 6.58. The summed E-state index contributed by atoms with van der Waals surface area (Å²) in [6.07, 6.45) is -9.89. The molecule has 0 saturated carbocycles. The minimum atomic E-state index is -4.71. The van der Waals surface area contributed by atoms with Crippen molar-refractivity contribution in [2.45, 2.75) is 36.5 Å². The van der Waals surface area contributed by atoms with Gasteiger partial charge in [-0.15, -0.1) is 20.5 Å². The Kier molecular flexibility index (Phi) is 10.6. The van der Waals surface area contributed by atoms with Gasteiger partial charge in [-0.2, -0.15) is 26.3 Å². The second-order valence-corrected chi connectivity index (χ2v) is 12.4. The van der Waals surface area contributed by atoms with E-state index in [9.17, 15) is 46.3 Å². The van der Waals surface area contributed by atoms with Gasteiger partial charge in [0.1, 0.15) is 11.4 Å². The van der Waals surface area contributed by atoms with E-state index in [1.165, 1.54) is 70.1 Å². The topological polar surface area (TPSA) is 173 Å². The molecule has 0 spiro atoms. The van der Waals surface area contributed by atoms with Crippen molar-refractivity contribution in [3.8, 4) is 0 Å². The number of hydrogen-bond acceptors (Lipinski definition) is 12. The summed E-state index contributed by atoms with van der Waals surface area (Å²) >= 11 is 0. The van der Waals surface area contributed by atoms with Crippen LogP contribution in [-0.2, 0) is 33.8 Å². The van der Waals surface area contributed by atoms with Crippen LogP contribution in [0.15, 0.2) is 79.3 Å². The van der Waals surface area contributed by atoms with Crippen LogP contribution >= 0.6 is 21.6 Å². The predicted octanol–water partition coefficient (Wildman–Crippen LogP) is 5.11. The molecule has 0 aromatic heterocycles. The first-order chi connectivity index (χ1) is 21.8. The van der Waals surface area contributed by atoms with Gasteiger partial charge in [-0.25, -0.2) is 0 Å². The predicted molar refractivity (Wildman–Crippen MR) is 155 cm³/mol. The van der Waals surface area contributed by atoms with Gasteiger partial charge in [0.2, 0.25) is 0 Å². The lowest BCUT2D eigenvalue weighted by atomic mass is 9.98. The smallest absolute Gasteiger partial charge is 0.410 e. The number of amides is 2. The van der Waals surface area contributed by atoms with Crippen LogP contribution in [0.3, 0.4) is 0 Å². The Morgan fingerprint density at radius 1 is 0.696 bits per heavy atom. The Labute approximate surface area is 264 Å². The van der Waals surface area contributed by atoms with Crippen LogP contribution in [0.4, 0.5) is 26.3 Å². The Hall–Kier alpha value is -4.20. The second kappa shape index (κ2) is 14.1. The molecule has 20 heteroatoms. The Morgan fingerprint density at radius 2 is 1.07 bits per heavy atom. The molecule has 0 radical (unpaired) electrons. The zero-order valence-electron chi connectivity index (χ0n) is 23.3. The summed E-state index contributed by atoms with van der Waals surface area (Å²) in [5.41, 5.74) is -5.70. The first kappa shape index (κ1) is 34.7. The van der Waals surface area contributed by atoms with Crippen LogP contribution < -0.4 is 10.6 Å². The van der Waals surface area contributed by atoms with Gasteiger partial charge in [0.25, 0.3) is 11.8 Å². The number of carbonyl (C=O) groups is 2. The summed E-state index contributed by atoms with van der Waals surface area (Å²) in [6, 6.07) is 10.5. The maximum Gasteiger partial charge on any atom is 0.442 e. The number of nitrogens with zero attached hydrogens (tertiary/aromatic N) is 6. The van der Waals surface area contributed by atoms with Gasteiger partial charge in [0, 0.05) is 48.6 Å². The van der Waals surface area contributed by atoms with E-state index in [0.29, 0.717) is 11.5 Å². The molecule has 2 aromatic carbocycles. The van der Waals surface area contributed by atoms with E-state index in [1.807, 2.05) is 0 Å². The van der Waals surface area contributed by atoms with Gasteiger partial charge < -0.3 is 21.0 Å². The lowest BCUT2D eigenvalue weighted by Crippen LogP contribution is -2.34. The maximum absolute atomic E-state index is 13.3. The molecule has 2 amide bonds. The highest BCUT2D eigenvalue weighted by molar-refractivity contribution is 8.76. The third kappa shape index (κ3) is 7.95. The quantitative estimate of drug-likeness (QED) is 0.0505. The molecule has 2 aromatic rings. The molecule has 2 aliphatic rings. The second-order valence-electron chi connectivity index (χ2n) is 9.74. The van der Waals surface area contributed by atoms with Gasteiger partial charge in [0.15, 0.2) is 0 Å². The van der Waals surface area contributed by atoms with Crippen LogP contribution in [0.2, 0.25) is 0 Å².